The SMILES string of the molecule is CCOC(=O)c1ccc(N2C(=O)[C@H](CC(=O)Nc3ccccc3)N(CCc3ccncc3)C2=S)cc1. The third-order valence-electron chi connectivity index (χ3n) is 5.78. The molecule has 0 saturated carbocycles. The number of benzene rings is 2. The first-order chi connectivity index (χ1) is 17.5. The molecule has 0 unspecified atom stereocenters. The molecule has 0 radical (unpaired) electrons. The number of thiocarbonyl (C=S) groups is 1. The molecule has 2 aromatic carbocycles. The fourth-order valence-corrected chi connectivity index (χ4v) is 4.41. The number of esters is 1. The van der Waals surface area contributed by atoms with Crippen LogP contribution in [0, 0.1) is 0 Å². The molecule has 1 atom stereocenters. The highest BCUT2D eigenvalue weighted by Gasteiger charge is 2.43. The number of carbonyl (C=O) groups is 3. The first-order valence-electron chi connectivity index (χ1n) is 11.6. The Morgan fingerprint density at radius 2 is 1.72 bits per heavy atom. The Kier molecular flexibility index (Phi) is 8.02. The van der Waals surface area contributed by atoms with Crippen molar-refractivity contribution in [2.24, 2.45) is 0 Å². The summed E-state index contributed by atoms with van der Waals surface area (Å²) in [5.41, 5.74) is 2.61. The Labute approximate surface area is 214 Å². The van der Waals surface area contributed by atoms with Gasteiger partial charge in [-0.05, 0) is 79.7 Å². The molecule has 8 nitrogen and oxygen atoms in total. The fraction of sp³-hybridized carbons (Fsp3) is 0.222. The van der Waals surface area contributed by atoms with E-state index in [0.29, 0.717) is 35.0 Å². The van der Waals surface area contributed by atoms with Gasteiger partial charge < -0.3 is 15.0 Å². The molecule has 3 aromatic rings. The molecule has 0 spiro atoms. The molecule has 184 valence electrons. The first-order valence-corrected chi connectivity index (χ1v) is 12.0. The number of amides is 2. The second-order valence-electron chi connectivity index (χ2n) is 8.16. The zero-order valence-electron chi connectivity index (χ0n) is 19.8. The monoisotopic (exact) mass is 502 g/mol. The molecule has 2 amide bonds. The molecule has 0 aliphatic carbocycles. The zero-order chi connectivity index (χ0) is 25.5. The van der Waals surface area contributed by atoms with E-state index in [1.54, 1.807) is 60.6 Å². The van der Waals surface area contributed by atoms with E-state index in [2.05, 4.69) is 10.3 Å². The van der Waals surface area contributed by atoms with Gasteiger partial charge in [-0.25, -0.2) is 4.79 Å². The maximum absolute atomic E-state index is 13.6. The van der Waals surface area contributed by atoms with E-state index in [9.17, 15) is 14.4 Å². The number of anilines is 2. The molecule has 1 aromatic heterocycles. The minimum absolute atomic E-state index is 0.0539. The van der Waals surface area contributed by atoms with Crippen molar-refractivity contribution >= 4 is 46.5 Å². The summed E-state index contributed by atoms with van der Waals surface area (Å²) in [5, 5.41) is 3.16. The summed E-state index contributed by atoms with van der Waals surface area (Å²) in [6.45, 7) is 2.46. The molecule has 4 rings (SSSR count). The number of hydrogen-bond acceptors (Lipinski definition) is 6. The van der Waals surface area contributed by atoms with Crippen LogP contribution in [0.5, 0.6) is 0 Å². The molecule has 2 heterocycles. The fourth-order valence-electron chi connectivity index (χ4n) is 3.99. The van der Waals surface area contributed by atoms with Crippen LogP contribution in [0.3, 0.4) is 0 Å². The minimum atomic E-state index is -0.757. The summed E-state index contributed by atoms with van der Waals surface area (Å²) in [4.78, 5) is 45.7. The van der Waals surface area contributed by atoms with Crippen molar-refractivity contribution in [1.82, 2.24) is 9.88 Å². The number of nitrogens with zero attached hydrogens (tertiary/aromatic N) is 3. The van der Waals surface area contributed by atoms with Crippen LogP contribution in [0.4, 0.5) is 11.4 Å². The highest BCUT2D eigenvalue weighted by molar-refractivity contribution is 7.80. The van der Waals surface area contributed by atoms with E-state index in [1.807, 2.05) is 30.3 Å². The van der Waals surface area contributed by atoms with E-state index in [4.69, 9.17) is 17.0 Å². The summed E-state index contributed by atoms with van der Waals surface area (Å²) in [6, 6.07) is 18.7. The van der Waals surface area contributed by atoms with Crippen molar-refractivity contribution in [3.8, 4) is 0 Å². The van der Waals surface area contributed by atoms with Crippen LogP contribution in [-0.4, -0.2) is 52.0 Å². The van der Waals surface area contributed by atoms with E-state index < -0.39 is 12.0 Å². The van der Waals surface area contributed by atoms with Crippen LogP contribution in [0.1, 0.15) is 29.3 Å². The predicted molar refractivity (Wildman–Crippen MR) is 141 cm³/mol. The topological polar surface area (TPSA) is 91.8 Å². The third kappa shape index (κ3) is 5.75. The molecular weight excluding hydrogens is 476 g/mol. The molecule has 0 bridgehead atoms. The lowest BCUT2D eigenvalue weighted by molar-refractivity contribution is -0.124. The van der Waals surface area contributed by atoms with Gasteiger partial charge in [0.25, 0.3) is 5.91 Å². The zero-order valence-corrected chi connectivity index (χ0v) is 20.6. The molecule has 1 saturated heterocycles. The summed E-state index contributed by atoms with van der Waals surface area (Å²) in [6.07, 6.45) is 4.00. The van der Waals surface area contributed by atoms with Gasteiger partial charge in [0.2, 0.25) is 5.91 Å². The Hall–Kier alpha value is -4.11. The van der Waals surface area contributed by atoms with Gasteiger partial charge in [-0.15, -0.1) is 0 Å². The number of aromatic nitrogens is 1. The van der Waals surface area contributed by atoms with Crippen LogP contribution in [0.25, 0.3) is 0 Å². The number of nitrogens with one attached hydrogen (secondary N) is 1. The van der Waals surface area contributed by atoms with E-state index >= 15 is 0 Å². The molecule has 1 N–H and O–H groups in total. The second kappa shape index (κ2) is 11.5. The van der Waals surface area contributed by atoms with Crippen LogP contribution >= 0.6 is 12.2 Å². The van der Waals surface area contributed by atoms with Crippen molar-refractivity contribution in [3.63, 3.8) is 0 Å². The number of carbonyl (C=O) groups excluding carboxylic acids is 3. The summed E-state index contributed by atoms with van der Waals surface area (Å²) < 4.78 is 5.03. The second-order valence-corrected chi connectivity index (χ2v) is 8.52. The number of rotatable bonds is 9. The molecule has 1 fully saturated rings. The number of para-hydroxylation sites is 1. The van der Waals surface area contributed by atoms with E-state index in [0.717, 1.165) is 5.56 Å². The Morgan fingerprint density at radius 3 is 2.39 bits per heavy atom. The predicted octanol–water partition coefficient (Wildman–Crippen LogP) is 3.83. The van der Waals surface area contributed by atoms with Crippen LogP contribution in [0.15, 0.2) is 79.1 Å². The van der Waals surface area contributed by atoms with Gasteiger partial charge in [0.1, 0.15) is 6.04 Å². The van der Waals surface area contributed by atoms with Crippen molar-refractivity contribution in [3.05, 3.63) is 90.3 Å². The highest BCUT2D eigenvalue weighted by atomic mass is 32.1. The third-order valence-corrected chi connectivity index (χ3v) is 6.20. The summed E-state index contributed by atoms with van der Waals surface area (Å²) in [7, 11) is 0. The van der Waals surface area contributed by atoms with Crippen molar-refractivity contribution in [1.29, 1.82) is 0 Å². The number of hydrogen-bond donors (Lipinski definition) is 1. The molecule has 1 aliphatic rings. The van der Waals surface area contributed by atoms with Gasteiger partial charge >= 0.3 is 5.97 Å². The Bertz CT molecular complexity index is 1240. The minimum Gasteiger partial charge on any atom is -0.462 e. The molecule has 9 heteroatoms. The lowest BCUT2D eigenvalue weighted by atomic mass is 10.1. The average molecular weight is 503 g/mol. The molecule has 1 aliphatic heterocycles. The normalized spacial score (nSPS) is 15.2. The summed E-state index contributed by atoms with van der Waals surface area (Å²) in [5.74, 6) is -1.01. The highest BCUT2D eigenvalue weighted by Crippen LogP contribution is 2.28. The van der Waals surface area contributed by atoms with Gasteiger partial charge in [-0.1, -0.05) is 18.2 Å². The molecule has 36 heavy (non-hydrogen) atoms. The maximum Gasteiger partial charge on any atom is 0.338 e. The van der Waals surface area contributed by atoms with Crippen molar-refractivity contribution in [2.75, 3.05) is 23.4 Å². The number of ether oxygens (including phenoxy) is 1. The Balaban J connectivity index is 1.55. The lowest BCUT2D eigenvalue weighted by Crippen LogP contribution is -2.39. The quantitative estimate of drug-likeness (QED) is 0.351. The van der Waals surface area contributed by atoms with Crippen molar-refractivity contribution < 1.29 is 19.1 Å². The van der Waals surface area contributed by atoms with Gasteiger partial charge in [0.15, 0.2) is 5.11 Å². The summed E-state index contributed by atoms with van der Waals surface area (Å²) >= 11 is 5.72. The Morgan fingerprint density at radius 1 is 1.03 bits per heavy atom. The van der Waals surface area contributed by atoms with Crippen LogP contribution in [-0.2, 0) is 20.7 Å². The van der Waals surface area contributed by atoms with Gasteiger partial charge in [0, 0.05) is 24.6 Å². The van der Waals surface area contributed by atoms with E-state index in [-0.39, 0.29) is 24.8 Å². The first kappa shape index (κ1) is 25.0. The van der Waals surface area contributed by atoms with Gasteiger partial charge in [-0.2, -0.15) is 0 Å². The van der Waals surface area contributed by atoms with E-state index in [1.165, 1.54) is 4.90 Å². The van der Waals surface area contributed by atoms with Crippen molar-refractivity contribution in [2.45, 2.75) is 25.8 Å². The van der Waals surface area contributed by atoms with Gasteiger partial charge in [0.05, 0.1) is 24.3 Å². The van der Waals surface area contributed by atoms with Crippen LogP contribution < -0.4 is 10.2 Å². The average Bonchev–Trinajstić information content (AvgIpc) is 3.12. The largest absolute Gasteiger partial charge is 0.462 e. The smallest absolute Gasteiger partial charge is 0.338 e. The maximum atomic E-state index is 13.6. The standard InChI is InChI=1S/C27H26N4O4S/c1-2-35-26(34)20-8-10-22(11-9-20)31-25(33)23(18-24(32)29-21-6-4-3-5-7-21)30(27(31)36)17-14-19-12-15-28-16-13-19/h3-13,15-16,23H,2,14,17-18H2,1H3,(H,29,32)/t23-/m0/s1. The van der Waals surface area contributed by atoms with Gasteiger partial charge in [-0.3, -0.25) is 19.5 Å². The molecular formula is C27H26N4O4S. The number of pyridine rings is 1. The van der Waals surface area contributed by atoms with Crippen LogP contribution in [0.2, 0.25) is 0 Å². The lowest BCUT2D eigenvalue weighted by Gasteiger charge is -2.24.